The molecule has 0 amide bonds. The summed E-state index contributed by atoms with van der Waals surface area (Å²) in [6.07, 6.45) is -0.0567. The molecule has 0 saturated heterocycles. The van der Waals surface area contributed by atoms with Crippen LogP contribution in [-0.4, -0.2) is 21.1 Å². The number of nitrogens with one attached hydrogen (secondary N) is 2. The van der Waals surface area contributed by atoms with Crippen LogP contribution in [0.5, 0.6) is 6.01 Å². The van der Waals surface area contributed by atoms with Gasteiger partial charge in [-0.3, -0.25) is 5.43 Å². The molecule has 4 N–H and O–H groups in total. The lowest BCUT2D eigenvalue weighted by Crippen LogP contribution is -2.15. The molecule has 0 fully saturated rings. The molecule has 21 heavy (non-hydrogen) atoms. The normalized spacial score (nSPS) is 10.6. The highest BCUT2D eigenvalue weighted by atomic mass is 35.5. The van der Waals surface area contributed by atoms with Gasteiger partial charge < -0.3 is 10.1 Å². The van der Waals surface area contributed by atoms with E-state index in [0.717, 1.165) is 11.3 Å². The van der Waals surface area contributed by atoms with E-state index in [2.05, 4.69) is 25.7 Å². The molecule has 0 unspecified atom stereocenters. The topological polar surface area (TPSA) is 98.0 Å². The fourth-order valence-corrected chi connectivity index (χ4v) is 1.78. The number of nitrogen functional groups attached to an aromatic ring is 1. The predicted octanol–water partition coefficient (Wildman–Crippen LogP) is 2.65. The molecule has 0 atom stereocenters. The van der Waals surface area contributed by atoms with Crippen molar-refractivity contribution in [3.05, 3.63) is 28.8 Å². The number of benzene rings is 1. The van der Waals surface area contributed by atoms with Gasteiger partial charge in [0.2, 0.25) is 11.9 Å². The van der Waals surface area contributed by atoms with Gasteiger partial charge in [0.05, 0.1) is 6.10 Å². The second-order valence-corrected chi connectivity index (χ2v) is 5.02. The summed E-state index contributed by atoms with van der Waals surface area (Å²) >= 11 is 6.09. The van der Waals surface area contributed by atoms with Crippen molar-refractivity contribution in [1.29, 1.82) is 0 Å². The van der Waals surface area contributed by atoms with Gasteiger partial charge in [-0.25, -0.2) is 5.84 Å². The molecular formula is C13H17ClN6O. The van der Waals surface area contributed by atoms with Crippen LogP contribution in [0.4, 0.5) is 17.6 Å². The lowest BCUT2D eigenvalue weighted by atomic mass is 10.2. The number of nitrogens with two attached hydrogens (primary N) is 1. The maximum Gasteiger partial charge on any atom is 0.323 e. The molecule has 0 saturated carbocycles. The zero-order valence-electron chi connectivity index (χ0n) is 12.0. The van der Waals surface area contributed by atoms with Crippen LogP contribution in [0, 0.1) is 6.92 Å². The molecule has 2 rings (SSSR count). The Hall–Kier alpha value is -2.12. The molecular weight excluding hydrogens is 292 g/mol. The zero-order valence-corrected chi connectivity index (χ0v) is 12.8. The fraction of sp³-hybridized carbons (Fsp3) is 0.308. The molecule has 1 aromatic heterocycles. The van der Waals surface area contributed by atoms with Crippen molar-refractivity contribution >= 4 is 29.2 Å². The van der Waals surface area contributed by atoms with E-state index in [1.807, 2.05) is 39.0 Å². The van der Waals surface area contributed by atoms with Crippen molar-refractivity contribution in [1.82, 2.24) is 15.0 Å². The molecule has 0 radical (unpaired) electrons. The first-order valence-corrected chi connectivity index (χ1v) is 6.79. The van der Waals surface area contributed by atoms with E-state index in [0.29, 0.717) is 11.0 Å². The van der Waals surface area contributed by atoms with Crippen LogP contribution in [0.25, 0.3) is 0 Å². The number of hydrogen-bond acceptors (Lipinski definition) is 7. The highest BCUT2D eigenvalue weighted by Gasteiger charge is 2.10. The van der Waals surface area contributed by atoms with E-state index in [-0.39, 0.29) is 18.1 Å². The quantitative estimate of drug-likeness (QED) is 0.577. The maximum atomic E-state index is 6.09. The highest BCUT2D eigenvalue weighted by Crippen LogP contribution is 2.25. The number of nitrogens with zero attached hydrogens (tertiary/aromatic N) is 3. The molecule has 1 aromatic carbocycles. The average Bonchev–Trinajstić information content (AvgIpc) is 2.43. The van der Waals surface area contributed by atoms with Crippen LogP contribution in [0.1, 0.15) is 19.4 Å². The van der Waals surface area contributed by atoms with Crippen molar-refractivity contribution in [3.8, 4) is 6.01 Å². The van der Waals surface area contributed by atoms with Gasteiger partial charge in [-0.2, -0.15) is 15.0 Å². The number of aromatic nitrogens is 3. The zero-order chi connectivity index (χ0) is 15.4. The van der Waals surface area contributed by atoms with Crippen LogP contribution in [0.2, 0.25) is 5.02 Å². The summed E-state index contributed by atoms with van der Waals surface area (Å²) < 4.78 is 5.47. The Morgan fingerprint density at radius 1 is 1.19 bits per heavy atom. The second kappa shape index (κ2) is 6.55. The van der Waals surface area contributed by atoms with Crippen LogP contribution in [-0.2, 0) is 0 Å². The smallest absolute Gasteiger partial charge is 0.323 e. The summed E-state index contributed by atoms with van der Waals surface area (Å²) in [7, 11) is 0. The molecule has 112 valence electrons. The van der Waals surface area contributed by atoms with Gasteiger partial charge in [-0.1, -0.05) is 17.7 Å². The number of anilines is 3. The first-order valence-electron chi connectivity index (χ1n) is 6.41. The summed E-state index contributed by atoms with van der Waals surface area (Å²) in [6.45, 7) is 5.67. The molecule has 0 bridgehead atoms. The van der Waals surface area contributed by atoms with Crippen LogP contribution >= 0.6 is 11.6 Å². The van der Waals surface area contributed by atoms with Crippen LogP contribution < -0.4 is 21.3 Å². The number of hydrazine groups is 1. The Bertz CT molecular complexity index is 634. The number of rotatable bonds is 5. The maximum absolute atomic E-state index is 6.09. The third-order valence-electron chi connectivity index (χ3n) is 2.60. The molecule has 2 aromatic rings. The molecule has 8 heteroatoms. The summed E-state index contributed by atoms with van der Waals surface area (Å²) in [6, 6.07) is 5.72. The van der Waals surface area contributed by atoms with E-state index in [1.54, 1.807) is 0 Å². The molecule has 1 heterocycles. The van der Waals surface area contributed by atoms with Crippen LogP contribution in [0.15, 0.2) is 18.2 Å². The van der Waals surface area contributed by atoms with Gasteiger partial charge in [0.1, 0.15) is 0 Å². The first kappa shape index (κ1) is 15.3. The minimum atomic E-state index is -0.0567. The van der Waals surface area contributed by atoms with E-state index >= 15 is 0 Å². The van der Waals surface area contributed by atoms with E-state index in [1.165, 1.54) is 0 Å². The minimum absolute atomic E-state index is 0.0567. The minimum Gasteiger partial charge on any atom is -0.461 e. The third kappa shape index (κ3) is 3.93. The lowest BCUT2D eigenvalue weighted by molar-refractivity contribution is 0.222. The molecule has 7 nitrogen and oxygen atoms in total. The van der Waals surface area contributed by atoms with Crippen molar-refractivity contribution in [2.24, 2.45) is 5.84 Å². The van der Waals surface area contributed by atoms with Gasteiger partial charge in [0.15, 0.2) is 0 Å². The molecule has 0 aliphatic rings. The number of hydrogen-bond donors (Lipinski definition) is 3. The van der Waals surface area contributed by atoms with Crippen molar-refractivity contribution < 1.29 is 4.74 Å². The largest absolute Gasteiger partial charge is 0.461 e. The summed E-state index contributed by atoms with van der Waals surface area (Å²) in [4.78, 5) is 12.4. The fourth-order valence-electron chi connectivity index (χ4n) is 1.60. The Morgan fingerprint density at radius 2 is 1.90 bits per heavy atom. The van der Waals surface area contributed by atoms with Gasteiger partial charge in [0.25, 0.3) is 0 Å². The first-order chi connectivity index (χ1) is 9.99. The molecule has 0 spiro atoms. The Labute approximate surface area is 127 Å². The van der Waals surface area contributed by atoms with Gasteiger partial charge >= 0.3 is 6.01 Å². The predicted molar refractivity (Wildman–Crippen MR) is 82.9 cm³/mol. The molecule has 0 aliphatic carbocycles. The standard InChI is InChI=1S/C13H17ClN6O/c1-7(2)21-13-18-11(17-12(19-13)20-15)16-10-6-4-5-9(14)8(10)3/h4-7H,15H2,1-3H3,(H2,16,17,18,19,20). The van der Waals surface area contributed by atoms with Gasteiger partial charge in [-0.05, 0) is 38.5 Å². The Kier molecular flexibility index (Phi) is 4.77. The summed E-state index contributed by atoms with van der Waals surface area (Å²) in [5, 5.41) is 3.74. The van der Waals surface area contributed by atoms with Crippen molar-refractivity contribution in [2.45, 2.75) is 26.9 Å². The number of halogens is 1. The monoisotopic (exact) mass is 308 g/mol. The van der Waals surface area contributed by atoms with E-state index < -0.39 is 0 Å². The van der Waals surface area contributed by atoms with Crippen molar-refractivity contribution in [3.63, 3.8) is 0 Å². The summed E-state index contributed by atoms with van der Waals surface area (Å²) in [5.74, 6) is 5.89. The average molecular weight is 309 g/mol. The highest BCUT2D eigenvalue weighted by molar-refractivity contribution is 6.31. The Balaban J connectivity index is 2.32. The number of ether oxygens (including phenoxy) is 1. The van der Waals surface area contributed by atoms with Gasteiger partial charge in [0, 0.05) is 10.7 Å². The van der Waals surface area contributed by atoms with Crippen LogP contribution in [0.3, 0.4) is 0 Å². The lowest BCUT2D eigenvalue weighted by Gasteiger charge is -2.12. The van der Waals surface area contributed by atoms with Gasteiger partial charge in [-0.15, -0.1) is 0 Å². The van der Waals surface area contributed by atoms with E-state index in [9.17, 15) is 0 Å². The van der Waals surface area contributed by atoms with E-state index in [4.69, 9.17) is 22.2 Å². The van der Waals surface area contributed by atoms with Crippen molar-refractivity contribution in [2.75, 3.05) is 10.7 Å². The third-order valence-corrected chi connectivity index (χ3v) is 3.01. The Morgan fingerprint density at radius 3 is 2.57 bits per heavy atom. The second-order valence-electron chi connectivity index (χ2n) is 4.61. The molecule has 0 aliphatic heterocycles. The SMILES string of the molecule is Cc1c(Cl)cccc1Nc1nc(NN)nc(OC(C)C)n1. The summed E-state index contributed by atoms with van der Waals surface area (Å²) in [5.41, 5.74) is 4.08.